The van der Waals surface area contributed by atoms with Crippen LogP contribution in [-0.4, -0.2) is 42.0 Å². The van der Waals surface area contributed by atoms with Gasteiger partial charge in [0.2, 0.25) is 15.9 Å². The fraction of sp³-hybridized carbons (Fsp3) is 0.538. The lowest BCUT2D eigenvalue weighted by molar-refractivity contribution is -0.119. The molecule has 21 heavy (non-hydrogen) atoms. The summed E-state index contributed by atoms with van der Waals surface area (Å²) in [4.78, 5) is 16.2. The topological polar surface area (TPSA) is 105 Å². The Bertz CT molecular complexity index is 600. The van der Waals surface area contributed by atoms with Crippen molar-refractivity contribution < 1.29 is 13.2 Å². The molecule has 1 saturated heterocycles. The quantitative estimate of drug-likeness (QED) is 0.837. The van der Waals surface area contributed by atoms with E-state index >= 15 is 0 Å². The van der Waals surface area contributed by atoms with Crippen LogP contribution in [0.25, 0.3) is 0 Å². The van der Waals surface area contributed by atoms with Gasteiger partial charge in [-0.1, -0.05) is 6.92 Å². The highest BCUT2D eigenvalue weighted by atomic mass is 32.2. The zero-order valence-electron chi connectivity index (χ0n) is 11.9. The van der Waals surface area contributed by atoms with E-state index in [-0.39, 0.29) is 11.7 Å². The second-order valence-corrected chi connectivity index (χ2v) is 7.09. The highest BCUT2D eigenvalue weighted by molar-refractivity contribution is 7.89. The summed E-state index contributed by atoms with van der Waals surface area (Å²) < 4.78 is 25.6. The third-order valence-corrected chi connectivity index (χ3v) is 5.46. The molecule has 0 saturated carbocycles. The van der Waals surface area contributed by atoms with Crippen molar-refractivity contribution in [2.24, 2.45) is 0 Å². The molecule has 1 atom stereocenters. The summed E-state index contributed by atoms with van der Waals surface area (Å²) in [5.41, 5.74) is 5.99. The molecule has 0 bridgehead atoms. The molecule has 2 heterocycles. The van der Waals surface area contributed by atoms with Crippen LogP contribution in [0.3, 0.4) is 0 Å². The molecule has 0 radical (unpaired) electrons. The number of carbonyl (C=O) groups is 1. The minimum Gasteiger partial charge on any atom is -0.384 e. The molecule has 8 heteroatoms. The van der Waals surface area contributed by atoms with Gasteiger partial charge in [-0.15, -0.1) is 0 Å². The van der Waals surface area contributed by atoms with Gasteiger partial charge >= 0.3 is 0 Å². The molecule has 0 spiro atoms. The van der Waals surface area contributed by atoms with Gasteiger partial charge in [-0.3, -0.25) is 4.79 Å². The van der Waals surface area contributed by atoms with Gasteiger partial charge in [-0.05, 0) is 31.4 Å². The van der Waals surface area contributed by atoms with Crippen LogP contribution in [0.5, 0.6) is 0 Å². The van der Waals surface area contributed by atoms with Crippen LogP contribution in [0, 0.1) is 0 Å². The maximum Gasteiger partial charge on any atom is 0.242 e. The highest BCUT2D eigenvalue weighted by Gasteiger charge is 2.38. The fourth-order valence-corrected chi connectivity index (χ4v) is 4.16. The average Bonchev–Trinajstić information content (AvgIpc) is 2.91. The first-order chi connectivity index (χ1) is 9.94. The number of aromatic nitrogens is 1. The predicted octanol–water partition coefficient (Wildman–Crippen LogP) is 0.806. The Morgan fingerprint density at radius 1 is 1.52 bits per heavy atom. The maximum atomic E-state index is 12.3. The number of nitrogens with one attached hydrogen (secondary N) is 1. The van der Waals surface area contributed by atoms with Crippen molar-refractivity contribution in [1.29, 1.82) is 0 Å². The number of hydrogen-bond acceptors (Lipinski definition) is 5. The van der Waals surface area contributed by atoms with E-state index in [1.807, 2.05) is 6.92 Å². The third kappa shape index (κ3) is 3.70. The minimum absolute atomic E-state index is 0.0696. The van der Waals surface area contributed by atoms with Crippen molar-refractivity contribution in [2.75, 3.05) is 23.3 Å². The van der Waals surface area contributed by atoms with Crippen LogP contribution in [0.1, 0.15) is 26.2 Å². The van der Waals surface area contributed by atoms with Crippen LogP contribution < -0.4 is 11.1 Å². The van der Waals surface area contributed by atoms with Gasteiger partial charge in [0.15, 0.2) is 0 Å². The zero-order chi connectivity index (χ0) is 15.5. The molecule has 1 aromatic rings. The second-order valence-electron chi connectivity index (χ2n) is 5.05. The molecule has 1 aromatic heterocycles. The van der Waals surface area contributed by atoms with Gasteiger partial charge in [0.1, 0.15) is 11.9 Å². The Labute approximate surface area is 124 Å². The minimum atomic E-state index is -3.37. The Kier molecular flexibility index (Phi) is 4.79. The van der Waals surface area contributed by atoms with Crippen molar-refractivity contribution in [1.82, 2.24) is 9.29 Å². The molecule has 2 rings (SSSR count). The first-order valence-electron chi connectivity index (χ1n) is 6.96. The van der Waals surface area contributed by atoms with E-state index in [2.05, 4.69) is 10.3 Å². The Morgan fingerprint density at radius 3 is 2.90 bits per heavy atom. The highest BCUT2D eigenvalue weighted by Crippen LogP contribution is 2.23. The van der Waals surface area contributed by atoms with Crippen molar-refractivity contribution in [3.05, 3.63) is 18.3 Å². The second kappa shape index (κ2) is 6.40. The zero-order valence-corrected chi connectivity index (χ0v) is 12.8. The molecule has 1 unspecified atom stereocenters. The fourth-order valence-electron chi connectivity index (χ4n) is 2.42. The first-order valence-corrected chi connectivity index (χ1v) is 8.57. The molecule has 0 aliphatic carbocycles. The smallest absolute Gasteiger partial charge is 0.242 e. The van der Waals surface area contributed by atoms with E-state index in [1.54, 1.807) is 12.1 Å². The lowest BCUT2D eigenvalue weighted by atomic mass is 10.2. The lowest BCUT2D eigenvalue weighted by Gasteiger charge is -2.23. The first kappa shape index (κ1) is 15.7. The van der Waals surface area contributed by atoms with E-state index in [0.717, 1.165) is 0 Å². The Morgan fingerprint density at radius 2 is 2.29 bits per heavy atom. The van der Waals surface area contributed by atoms with E-state index in [9.17, 15) is 13.2 Å². The molecule has 3 N–H and O–H groups in total. The molecule has 0 aromatic carbocycles. The van der Waals surface area contributed by atoms with E-state index < -0.39 is 16.1 Å². The van der Waals surface area contributed by atoms with E-state index in [0.29, 0.717) is 37.3 Å². The van der Waals surface area contributed by atoms with Crippen molar-refractivity contribution in [2.45, 2.75) is 32.2 Å². The van der Waals surface area contributed by atoms with Crippen molar-refractivity contribution in [3.8, 4) is 0 Å². The normalized spacial score (nSPS) is 19.6. The average molecular weight is 312 g/mol. The number of amides is 1. The molecular weight excluding hydrogens is 292 g/mol. The van der Waals surface area contributed by atoms with Gasteiger partial charge in [-0.25, -0.2) is 13.4 Å². The number of pyridine rings is 1. The molecule has 116 valence electrons. The molecule has 1 aliphatic rings. The Hall–Kier alpha value is -1.67. The lowest BCUT2D eigenvalue weighted by Crippen LogP contribution is -2.44. The summed E-state index contributed by atoms with van der Waals surface area (Å²) in [5.74, 6) is 0.111. The van der Waals surface area contributed by atoms with Crippen LogP contribution in [-0.2, 0) is 14.8 Å². The number of anilines is 2. The van der Waals surface area contributed by atoms with Gasteiger partial charge in [0.05, 0.1) is 17.6 Å². The Balaban J connectivity index is 2.09. The van der Waals surface area contributed by atoms with Crippen LogP contribution in [0.2, 0.25) is 0 Å². The van der Waals surface area contributed by atoms with Gasteiger partial charge in [0, 0.05) is 6.54 Å². The maximum absolute atomic E-state index is 12.3. The van der Waals surface area contributed by atoms with Crippen molar-refractivity contribution >= 4 is 27.4 Å². The summed E-state index contributed by atoms with van der Waals surface area (Å²) in [6.45, 7) is 2.21. The van der Waals surface area contributed by atoms with Crippen LogP contribution in [0.4, 0.5) is 11.5 Å². The molecule has 1 amide bonds. The number of carbonyl (C=O) groups excluding carboxylic acids is 1. The number of nitrogens with two attached hydrogens (primary N) is 1. The number of nitrogen functional groups attached to an aromatic ring is 1. The predicted molar refractivity (Wildman–Crippen MR) is 81.1 cm³/mol. The molecule has 1 aliphatic heterocycles. The van der Waals surface area contributed by atoms with Gasteiger partial charge in [0.25, 0.3) is 0 Å². The monoisotopic (exact) mass is 312 g/mol. The third-order valence-electron chi connectivity index (χ3n) is 3.38. The van der Waals surface area contributed by atoms with E-state index in [1.165, 1.54) is 10.5 Å². The largest absolute Gasteiger partial charge is 0.384 e. The summed E-state index contributed by atoms with van der Waals surface area (Å²) in [6, 6.07) is 2.58. The standard InChI is InChI=1S/C13H20N4O3S/c1-2-8-21(19,20)17-7-3-4-11(17)13(18)16-10-5-6-12(14)15-9-10/h5-6,9,11H,2-4,7-8H2,1H3,(H2,14,15)(H,16,18). The van der Waals surface area contributed by atoms with E-state index in [4.69, 9.17) is 5.73 Å². The SMILES string of the molecule is CCCS(=O)(=O)N1CCCC1C(=O)Nc1ccc(N)nc1. The molecular formula is C13H20N4O3S. The number of sulfonamides is 1. The summed E-state index contributed by atoms with van der Waals surface area (Å²) in [6.07, 6.45) is 3.22. The number of nitrogens with zero attached hydrogens (tertiary/aromatic N) is 2. The number of rotatable bonds is 5. The van der Waals surface area contributed by atoms with Gasteiger partial charge in [-0.2, -0.15) is 4.31 Å². The molecule has 1 fully saturated rings. The summed E-state index contributed by atoms with van der Waals surface area (Å²) in [7, 11) is -3.37. The van der Waals surface area contributed by atoms with Crippen molar-refractivity contribution in [3.63, 3.8) is 0 Å². The number of hydrogen-bond donors (Lipinski definition) is 2. The molecule has 7 nitrogen and oxygen atoms in total. The van der Waals surface area contributed by atoms with Gasteiger partial charge < -0.3 is 11.1 Å². The van der Waals surface area contributed by atoms with Crippen LogP contribution in [0.15, 0.2) is 18.3 Å². The van der Waals surface area contributed by atoms with Crippen LogP contribution >= 0.6 is 0 Å². The summed E-state index contributed by atoms with van der Waals surface area (Å²) in [5, 5.41) is 2.69. The summed E-state index contributed by atoms with van der Waals surface area (Å²) >= 11 is 0.